The summed E-state index contributed by atoms with van der Waals surface area (Å²) < 4.78 is 10.8. The summed E-state index contributed by atoms with van der Waals surface area (Å²) in [6.45, 7) is 3.49. The van der Waals surface area contributed by atoms with Gasteiger partial charge in [-0.15, -0.1) is 0 Å². The molecule has 2 aromatic rings. The Kier molecular flexibility index (Phi) is 3.85. The van der Waals surface area contributed by atoms with Crippen LogP contribution >= 0.6 is 0 Å². The van der Waals surface area contributed by atoms with Crippen LogP contribution in [0.25, 0.3) is 10.9 Å². The number of H-pyrrole nitrogens is 1. The Balaban J connectivity index is 1.79. The fraction of sp³-hybridized carbons (Fsp3) is 0.545. The predicted molar refractivity (Wildman–Crippen MR) is 105 cm³/mol. The summed E-state index contributed by atoms with van der Waals surface area (Å²) in [5.74, 6) is 0.932. The number of aromatic amines is 1. The minimum atomic E-state index is -0.815. The van der Waals surface area contributed by atoms with Gasteiger partial charge in [-0.3, -0.25) is 14.5 Å². The van der Waals surface area contributed by atoms with Gasteiger partial charge in [-0.2, -0.15) is 0 Å². The SMILES string of the molecule is COC(=O)C12CC3CC(C(C)=O)C1N(CCc1c2[nH]c2cc(OC)ccc12)C3. The van der Waals surface area contributed by atoms with E-state index in [2.05, 4.69) is 16.0 Å². The highest BCUT2D eigenvalue weighted by molar-refractivity contribution is 5.93. The van der Waals surface area contributed by atoms with Gasteiger partial charge >= 0.3 is 5.97 Å². The minimum Gasteiger partial charge on any atom is -0.497 e. The molecule has 5 atom stereocenters. The minimum absolute atomic E-state index is 0.126. The van der Waals surface area contributed by atoms with Crippen LogP contribution in [0.15, 0.2) is 18.2 Å². The van der Waals surface area contributed by atoms with E-state index in [1.165, 1.54) is 12.7 Å². The number of ketones is 1. The van der Waals surface area contributed by atoms with Crippen molar-refractivity contribution in [3.63, 3.8) is 0 Å². The second kappa shape index (κ2) is 6.08. The van der Waals surface area contributed by atoms with Crippen molar-refractivity contribution in [2.24, 2.45) is 11.8 Å². The number of hydrogen-bond acceptors (Lipinski definition) is 5. The van der Waals surface area contributed by atoms with Gasteiger partial charge in [0.2, 0.25) is 0 Å². The number of carbonyl (C=O) groups excluding carboxylic acids is 2. The number of ether oxygens (including phenoxy) is 2. The number of methoxy groups -OCH3 is 2. The quantitative estimate of drug-likeness (QED) is 0.826. The lowest BCUT2D eigenvalue weighted by Crippen LogP contribution is -2.68. The molecular formula is C22H26N2O4. The largest absolute Gasteiger partial charge is 0.497 e. The fourth-order valence-corrected chi connectivity index (χ4v) is 6.26. The summed E-state index contributed by atoms with van der Waals surface area (Å²) in [7, 11) is 3.11. The van der Waals surface area contributed by atoms with Crippen molar-refractivity contribution in [3.8, 4) is 5.75 Å². The molecule has 0 radical (unpaired) electrons. The molecule has 0 spiro atoms. The number of rotatable bonds is 3. The molecule has 1 N–H and O–H groups in total. The van der Waals surface area contributed by atoms with Gasteiger partial charge in [0.25, 0.3) is 0 Å². The van der Waals surface area contributed by atoms with Crippen molar-refractivity contribution < 1.29 is 19.1 Å². The van der Waals surface area contributed by atoms with Crippen molar-refractivity contribution in [1.82, 2.24) is 9.88 Å². The van der Waals surface area contributed by atoms with Gasteiger partial charge in [0.1, 0.15) is 16.9 Å². The van der Waals surface area contributed by atoms with Crippen molar-refractivity contribution in [2.45, 2.75) is 37.6 Å². The average Bonchev–Trinajstić information content (AvgIpc) is 3.04. The number of Topliss-reactive ketones (excluding diaryl/α,β-unsaturated/α-hetero) is 1. The molecule has 3 aliphatic heterocycles. The van der Waals surface area contributed by atoms with E-state index in [0.29, 0.717) is 5.92 Å². The second-order valence-electron chi connectivity index (χ2n) is 8.57. The van der Waals surface area contributed by atoms with Crippen LogP contribution in [0.1, 0.15) is 31.0 Å². The maximum absolute atomic E-state index is 13.4. The summed E-state index contributed by atoms with van der Waals surface area (Å²) in [5.41, 5.74) is 2.29. The van der Waals surface area contributed by atoms with E-state index in [0.717, 1.165) is 54.7 Å². The molecule has 4 bridgehead atoms. The van der Waals surface area contributed by atoms with Gasteiger partial charge in [-0.25, -0.2) is 0 Å². The van der Waals surface area contributed by atoms with E-state index < -0.39 is 5.41 Å². The topological polar surface area (TPSA) is 71.6 Å². The third kappa shape index (κ3) is 2.18. The van der Waals surface area contributed by atoms with Gasteiger partial charge in [0.05, 0.1) is 14.2 Å². The lowest BCUT2D eigenvalue weighted by molar-refractivity contribution is -0.163. The van der Waals surface area contributed by atoms with E-state index in [4.69, 9.17) is 9.47 Å². The normalized spacial score (nSPS) is 33.2. The zero-order valence-electron chi connectivity index (χ0n) is 16.6. The molecule has 1 aliphatic carbocycles. The molecule has 4 aliphatic rings. The van der Waals surface area contributed by atoms with Gasteiger partial charge in [-0.05, 0) is 49.8 Å². The molecular weight excluding hydrogens is 356 g/mol. The molecule has 4 heterocycles. The Hall–Kier alpha value is -2.34. The van der Waals surface area contributed by atoms with E-state index >= 15 is 0 Å². The predicted octanol–water partition coefficient (Wildman–Crippen LogP) is 2.44. The molecule has 5 unspecified atom stereocenters. The number of nitrogens with zero attached hydrogens (tertiary/aromatic N) is 1. The number of piperidine rings is 2. The Morgan fingerprint density at radius 3 is 2.82 bits per heavy atom. The summed E-state index contributed by atoms with van der Waals surface area (Å²) in [4.78, 5) is 31.9. The summed E-state index contributed by atoms with van der Waals surface area (Å²) >= 11 is 0. The van der Waals surface area contributed by atoms with Crippen LogP contribution in [-0.2, 0) is 26.2 Å². The summed E-state index contributed by atoms with van der Waals surface area (Å²) in [6, 6.07) is 5.87. The highest BCUT2D eigenvalue weighted by Gasteiger charge is 2.63. The Morgan fingerprint density at radius 2 is 2.11 bits per heavy atom. The number of nitrogens with one attached hydrogen (secondary N) is 1. The Morgan fingerprint density at radius 1 is 1.29 bits per heavy atom. The molecule has 2 saturated heterocycles. The van der Waals surface area contributed by atoms with Gasteiger partial charge in [-0.1, -0.05) is 0 Å². The molecule has 3 fully saturated rings. The molecule has 6 nitrogen and oxygen atoms in total. The fourth-order valence-electron chi connectivity index (χ4n) is 6.26. The average molecular weight is 382 g/mol. The third-order valence-corrected chi connectivity index (χ3v) is 7.25. The second-order valence-corrected chi connectivity index (χ2v) is 8.57. The van der Waals surface area contributed by atoms with Crippen LogP contribution in [-0.4, -0.2) is 55.0 Å². The first-order valence-corrected chi connectivity index (χ1v) is 10.0. The molecule has 148 valence electrons. The van der Waals surface area contributed by atoms with Crippen LogP contribution in [0.3, 0.4) is 0 Å². The van der Waals surface area contributed by atoms with Crippen LogP contribution in [0.5, 0.6) is 5.75 Å². The number of aromatic nitrogens is 1. The highest BCUT2D eigenvalue weighted by atomic mass is 16.5. The first-order chi connectivity index (χ1) is 13.5. The van der Waals surface area contributed by atoms with Crippen molar-refractivity contribution in [2.75, 3.05) is 27.3 Å². The van der Waals surface area contributed by atoms with Gasteiger partial charge in [0, 0.05) is 47.7 Å². The van der Waals surface area contributed by atoms with Crippen LogP contribution in [0.4, 0.5) is 0 Å². The first kappa shape index (κ1) is 17.7. The number of benzene rings is 1. The van der Waals surface area contributed by atoms with Crippen molar-refractivity contribution in [1.29, 1.82) is 0 Å². The Bertz CT molecular complexity index is 980. The third-order valence-electron chi connectivity index (χ3n) is 7.25. The molecule has 6 heteroatoms. The first-order valence-electron chi connectivity index (χ1n) is 10.0. The van der Waals surface area contributed by atoms with Crippen LogP contribution in [0.2, 0.25) is 0 Å². The van der Waals surface area contributed by atoms with E-state index in [1.54, 1.807) is 14.0 Å². The van der Waals surface area contributed by atoms with Crippen molar-refractivity contribution in [3.05, 3.63) is 29.5 Å². The van der Waals surface area contributed by atoms with Crippen LogP contribution in [0, 0.1) is 11.8 Å². The van der Waals surface area contributed by atoms with E-state index in [-0.39, 0.29) is 23.7 Å². The number of esters is 1. The molecule has 1 aromatic heterocycles. The maximum atomic E-state index is 13.4. The Labute approximate surface area is 164 Å². The number of hydrogen-bond donors (Lipinski definition) is 1. The molecule has 6 rings (SSSR count). The lowest BCUT2D eigenvalue weighted by Gasteiger charge is -2.57. The molecule has 1 saturated carbocycles. The zero-order chi connectivity index (χ0) is 19.6. The van der Waals surface area contributed by atoms with E-state index in [1.807, 2.05) is 12.1 Å². The standard InChI is InChI=1S/C22H26N2O4/c1-12(25)17-8-13-10-22(21(26)28-3)19-16(6-7-24(11-13)20(17)22)15-5-4-14(27-2)9-18(15)23-19/h4-5,9,13,17,20,23H,6-8,10-11H2,1-3H3. The zero-order valence-corrected chi connectivity index (χ0v) is 16.6. The summed E-state index contributed by atoms with van der Waals surface area (Å²) in [6.07, 6.45) is 2.47. The molecule has 28 heavy (non-hydrogen) atoms. The maximum Gasteiger partial charge on any atom is 0.319 e. The number of fused-ring (bicyclic) bond motifs is 4. The van der Waals surface area contributed by atoms with Gasteiger partial charge in [0.15, 0.2) is 0 Å². The smallest absolute Gasteiger partial charge is 0.319 e. The lowest BCUT2D eigenvalue weighted by atomic mass is 9.56. The monoisotopic (exact) mass is 382 g/mol. The van der Waals surface area contributed by atoms with E-state index in [9.17, 15) is 9.59 Å². The number of carbonyl (C=O) groups is 2. The molecule has 1 aromatic carbocycles. The molecule has 0 amide bonds. The highest BCUT2D eigenvalue weighted by Crippen LogP contribution is 2.55. The van der Waals surface area contributed by atoms with Crippen LogP contribution < -0.4 is 4.74 Å². The van der Waals surface area contributed by atoms with Crippen molar-refractivity contribution >= 4 is 22.7 Å². The van der Waals surface area contributed by atoms with Gasteiger partial charge < -0.3 is 14.5 Å². The summed E-state index contributed by atoms with van der Waals surface area (Å²) in [5, 5.41) is 1.13.